The first-order valence-electron chi connectivity index (χ1n) is 8.52. The molecule has 1 aliphatic heterocycles. The molecule has 0 radical (unpaired) electrons. The number of hydrogen-bond acceptors (Lipinski definition) is 5. The second-order valence-electron chi connectivity index (χ2n) is 6.16. The Morgan fingerprint density at radius 2 is 1.82 bits per heavy atom. The fraction of sp³-hybridized carbons (Fsp3) is 0.0952. The molecular formula is C21H16ClN3O2S. The van der Waals surface area contributed by atoms with Crippen LogP contribution in [0, 0.1) is 0 Å². The maximum Gasteiger partial charge on any atom is 0.282 e. The fourth-order valence-corrected chi connectivity index (χ4v) is 3.70. The van der Waals surface area contributed by atoms with Crippen LogP contribution in [0.4, 0.5) is 5.13 Å². The smallest absolute Gasteiger partial charge is 0.282 e. The van der Waals surface area contributed by atoms with Crippen molar-refractivity contribution in [2.75, 3.05) is 12.1 Å². The highest BCUT2D eigenvalue weighted by molar-refractivity contribution is 7.14. The van der Waals surface area contributed by atoms with Crippen molar-refractivity contribution >= 4 is 45.8 Å². The van der Waals surface area contributed by atoms with Crippen molar-refractivity contribution in [3.05, 3.63) is 70.1 Å². The maximum atomic E-state index is 12.9. The van der Waals surface area contributed by atoms with Crippen molar-refractivity contribution in [1.82, 2.24) is 4.98 Å². The van der Waals surface area contributed by atoms with Crippen molar-refractivity contribution in [1.29, 1.82) is 0 Å². The molecule has 0 fully saturated rings. The van der Waals surface area contributed by atoms with E-state index in [1.165, 1.54) is 16.3 Å². The number of methoxy groups -OCH3 is 1. The molecule has 5 nitrogen and oxygen atoms in total. The largest absolute Gasteiger partial charge is 0.497 e. The topological polar surface area (TPSA) is 54.8 Å². The first-order valence-corrected chi connectivity index (χ1v) is 9.78. The molecular weight excluding hydrogens is 394 g/mol. The molecule has 1 aliphatic rings. The van der Waals surface area contributed by atoms with E-state index >= 15 is 0 Å². The van der Waals surface area contributed by atoms with Crippen molar-refractivity contribution in [2.45, 2.75) is 6.92 Å². The van der Waals surface area contributed by atoms with Gasteiger partial charge in [-0.2, -0.15) is 10.1 Å². The summed E-state index contributed by atoms with van der Waals surface area (Å²) in [6, 6.07) is 14.9. The van der Waals surface area contributed by atoms with Gasteiger partial charge in [0.25, 0.3) is 5.91 Å². The van der Waals surface area contributed by atoms with Crippen LogP contribution in [-0.2, 0) is 4.79 Å². The summed E-state index contributed by atoms with van der Waals surface area (Å²) in [5.74, 6) is 0.592. The van der Waals surface area contributed by atoms with Crippen LogP contribution in [0.25, 0.3) is 17.3 Å². The number of hydrogen-bond donors (Lipinski definition) is 0. The minimum Gasteiger partial charge on any atom is -0.497 e. The standard InChI is InChI=1S/C21H16ClN3O2S/c1-13-18(11-14-3-7-16(22)8-4-14)20(26)25(24-13)21-23-19(12-28-21)15-5-9-17(27-2)10-6-15/h3-12H,1-2H3. The van der Waals surface area contributed by atoms with Crippen molar-refractivity contribution in [3.8, 4) is 17.0 Å². The van der Waals surface area contributed by atoms with Gasteiger partial charge in [-0.1, -0.05) is 23.7 Å². The molecule has 2 heterocycles. The molecule has 28 heavy (non-hydrogen) atoms. The zero-order valence-electron chi connectivity index (χ0n) is 15.2. The number of carbonyl (C=O) groups excluding carboxylic acids is 1. The van der Waals surface area contributed by atoms with Crippen LogP contribution in [0.5, 0.6) is 5.75 Å². The Hall–Kier alpha value is -2.96. The van der Waals surface area contributed by atoms with E-state index < -0.39 is 0 Å². The Balaban J connectivity index is 1.59. The summed E-state index contributed by atoms with van der Waals surface area (Å²) in [6.07, 6.45) is 1.81. The summed E-state index contributed by atoms with van der Waals surface area (Å²) in [5, 5.41) is 8.86. The van der Waals surface area contributed by atoms with E-state index in [2.05, 4.69) is 10.1 Å². The van der Waals surface area contributed by atoms with Gasteiger partial charge in [0.05, 0.1) is 24.1 Å². The van der Waals surface area contributed by atoms with Crippen LogP contribution in [0.1, 0.15) is 12.5 Å². The molecule has 140 valence electrons. The molecule has 4 rings (SSSR count). The van der Waals surface area contributed by atoms with Gasteiger partial charge in [0.1, 0.15) is 5.75 Å². The van der Waals surface area contributed by atoms with E-state index in [0.29, 0.717) is 21.4 Å². The highest BCUT2D eigenvalue weighted by Gasteiger charge is 2.30. The number of halogens is 1. The van der Waals surface area contributed by atoms with Crippen LogP contribution in [-0.4, -0.2) is 23.7 Å². The first-order chi connectivity index (χ1) is 13.5. The van der Waals surface area contributed by atoms with E-state index in [1.54, 1.807) is 19.2 Å². The molecule has 0 bridgehead atoms. The van der Waals surface area contributed by atoms with Crippen molar-refractivity contribution in [2.24, 2.45) is 5.10 Å². The summed E-state index contributed by atoms with van der Waals surface area (Å²) >= 11 is 7.30. The van der Waals surface area contributed by atoms with Gasteiger partial charge in [0, 0.05) is 16.0 Å². The number of nitrogens with zero attached hydrogens (tertiary/aromatic N) is 3. The Kier molecular flexibility index (Phi) is 4.98. The average molecular weight is 410 g/mol. The van der Waals surface area contributed by atoms with Gasteiger partial charge in [-0.05, 0) is 55.0 Å². The lowest BCUT2D eigenvalue weighted by atomic mass is 10.1. The van der Waals surface area contributed by atoms with Crippen LogP contribution in [0.2, 0.25) is 5.02 Å². The van der Waals surface area contributed by atoms with E-state index in [-0.39, 0.29) is 5.91 Å². The molecule has 2 aromatic carbocycles. The van der Waals surface area contributed by atoms with Crippen LogP contribution < -0.4 is 9.75 Å². The minimum absolute atomic E-state index is 0.192. The highest BCUT2D eigenvalue weighted by Crippen LogP contribution is 2.32. The van der Waals surface area contributed by atoms with E-state index in [4.69, 9.17) is 16.3 Å². The average Bonchev–Trinajstić information content (AvgIpc) is 3.30. The zero-order chi connectivity index (χ0) is 19.7. The second kappa shape index (κ2) is 7.58. The predicted octanol–water partition coefficient (Wildman–Crippen LogP) is 5.28. The molecule has 0 aliphatic carbocycles. The van der Waals surface area contributed by atoms with E-state index in [1.807, 2.05) is 54.8 Å². The number of ether oxygens (including phenoxy) is 1. The summed E-state index contributed by atoms with van der Waals surface area (Å²) in [5.41, 5.74) is 3.83. The monoisotopic (exact) mass is 409 g/mol. The summed E-state index contributed by atoms with van der Waals surface area (Å²) in [7, 11) is 1.63. The number of thiazole rings is 1. The van der Waals surface area contributed by atoms with Crippen LogP contribution >= 0.6 is 22.9 Å². The van der Waals surface area contributed by atoms with Gasteiger partial charge < -0.3 is 4.74 Å². The lowest BCUT2D eigenvalue weighted by Gasteiger charge is -2.07. The third kappa shape index (κ3) is 3.56. The fourth-order valence-electron chi connectivity index (χ4n) is 2.80. The van der Waals surface area contributed by atoms with Gasteiger partial charge in [-0.3, -0.25) is 4.79 Å². The summed E-state index contributed by atoms with van der Waals surface area (Å²) < 4.78 is 5.18. The van der Waals surface area contributed by atoms with E-state index in [0.717, 1.165) is 22.6 Å². The molecule has 0 atom stereocenters. The summed E-state index contributed by atoms with van der Waals surface area (Å²) in [6.45, 7) is 1.82. The third-order valence-corrected chi connectivity index (χ3v) is 5.37. The SMILES string of the molecule is COc1ccc(-c2csc(N3N=C(C)C(=Cc4ccc(Cl)cc4)C3=O)n2)cc1. The molecule has 1 amide bonds. The number of anilines is 1. The van der Waals surface area contributed by atoms with Gasteiger partial charge in [0.15, 0.2) is 0 Å². The predicted molar refractivity (Wildman–Crippen MR) is 114 cm³/mol. The van der Waals surface area contributed by atoms with Crippen molar-refractivity contribution in [3.63, 3.8) is 0 Å². The molecule has 1 aromatic heterocycles. The van der Waals surface area contributed by atoms with Crippen molar-refractivity contribution < 1.29 is 9.53 Å². The Morgan fingerprint density at radius 1 is 1.11 bits per heavy atom. The minimum atomic E-state index is -0.192. The quantitative estimate of drug-likeness (QED) is 0.551. The normalized spacial score (nSPS) is 15.2. The number of rotatable bonds is 4. The third-order valence-electron chi connectivity index (χ3n) is 4.30. The zero-order valence-corrected chi connectivity index (χ0v) is 16.8. The lowest BCUT2D eigenvalue weighted by molar-refractivity contribution is -0.114. The lowest BCUT2D eigenvalue weighted by Crippen LogP contribution is -2.21. The molecule has 7 heteroatoms. The highest BCUT2D eigenvalue weighted by atomic mass is 35.5. The maximum absolute atomic E-state index is 12.9. The molecule has 0 unspecified atom stereocenters. The second-order valence-corrected chi connectivity index (χ2v) is 7.43. The molecule has 0 N–H and O–H groups in total. The number of amides is 1. The molecule has 0 spiro atoms. The van der Waals surface area contributed by atoms with Crippen LogP contribution in [0.3, 0.4) is 0 Å². The number of hydrazone groups is 1. The molecule has 3 aromatic rings. The van der Waals surface area contributed by atoms with Crippen LogP contribution in [0.15, 0.2) is 64.6 Å². The number of carbonyl (C=O) groups is 1. The Bertz CT molecular complexity index is 1090. The van der Waals surface area contributed by atoms with Gasteiger partial charge in [-0.25, -0.2) is 4.98 Å². The van der Waals surface area contributed by atoms with E-state index in [9.17, 15) is 4.79 Å². The number of benzene rings is 2. The van der Waals surface area contributed by atoms with Gasteiger partial charge in [-0.15, -0.1) is 11.3 Å². The Labute approximate surface area is 171 Å². The molecule has 0 saturated carbocycles. The molecule has 0 saturated heterocycles. The summed E-state index contributed by atoms with van der Waals surface area (Å²) in [4.78, 5) is 17.5. The number of aromatic nitrogens is 1. The Morgan fingerprint density at radius 3 is 2.50 bits per heavy atom. The first kappa shape index (κ1) is 18.4. The van der Waals surface area contributed by atoms with Gasteiger partial charge in [0.2, 0.25) is 5.13 Å². The van der Waals surface area contributed by atoms with Gasteiger partial charge >= 0.3 is 0 Å².